The zero-order valence-electron chi connectivity index (χ0n) is 9.02. The van der Waals surface area contributed by atoms with Gasteiger partial charge in [0.15, 0.2) is 0 Å². The molecule has 0 aromatic carbocycles. The van der Waals surface area contributed by atoms with Crippen LogP contribution in [0.15, 0.2) is 6.20 Å². The van der Waals surface area contributed by atoms with Crippen molar-refractivity contribution in [1.29, 1.82) is 0 Å². The van der Waals surface area contributed by atoms with Crippen LogP contribution < -0.4 is 0 Å². The highest BCUT2D eigenvalue weighted by Crippen LogP contribution is 2.28. The van der Waals surface area contributed by atoms with Gasteiger partial charge in [0.1, 0.15) is 0 Å². The number of rotatable bonds is 5. The highest BCUT2D eigenvalue weighted by molar-refractivity contribution is 7.99. The first-order valence-electron chi connectivity index (χ1n) is 5.47. The second kappa shape index (κ2) is 5.68. The van der Waals surface area contributed by atoms with E-state index in [0.29, 0.717) is 6.42 Å². The fourth-order valence-electron chi connectivity index (χ4n) is 1.78. The quantitative estimate of drug-likeness (QED) is 0.880. The number of carboxylic acids is 1. The number of thiazole rings is 1. The zero-order chi connectivity index (χ0) is 11.4. The van der Waals surface area contributed by atoms with Crippen molar-refractivity contribution >= 4 is 29.1 Å². The van der Waals surface area contributed by atoms with E-state index in [9.17, 15) is 4.79 Å². The average Bonchev–Trinajstić information content (AvgIpc) is 2.87. The monoisotopic (exact) mass is 257 g/mol. The molecular weight excluding hydrogens is 242 g/mol. The summed E-state index contributed by atoms with van der Waals surface area (Å²) < 4.78 is 0. The molecule has 2 rings (SSSR count). The maximum absolute atomic E-state index is 10.4. The maximum Gasteiger partial charge on any atom is 0.303 e. The van der Waals surface area contributed by atoms with Crippen LogP contribution in [-0.4, -0.2) is 27.6 Å². The molecule has 0 bridgehead atoms. The number of aryl methyl sites for hydroxylation is 1. The van der Waals surface area contributed by atoms with Gasteiger partial charge in [0.05, 0.1) is 11.4 Å². The summed E-state index contributed by atoms with van der Waals surface area (Å²) in [5.41, 5.74) is 0. The third-order valence-electron chi connectivity index (χ3n) is 2.67. The molecule has 1 N–H and O–H groups in total. The van der Waals surface area contributed by atoms with E-state index >= 15 is 0 Å². The lowest BCUT2D eigenvalue weighted by molar-refractivity contribution is -0.136. The van der Waals surface area contributed by atoms with Crippen molar-refractivity contribution in [3.05, 3.63) is 16.1 Å². The minimum Gasteiger partial charge on any atom is -0.481 e. The molecule has 0 radical (unpaired) electrons. The molecule has 0 aliphatic carbocycles. The Bertz CT molecular complexity index is 359. The van der Waals surface area contributed by atoms with Crippen LogP contribution >= 0.6 is 23.1 Å². The minimum absolute atomic E-state index is 0.209. The number of aromatic nitrogens is 1. The molecule has 0 saturated carbocycles. The molecule has 3 nitrogen and oxygen atoms in total. The van der Waals surface area contributed by atoms with Crippen molar-refractivity contribution in [3.8, 4) is 0 Å². The largest absolute Gasteiger partial charge is 0.481 e. The van der Waals surface area contributed by atoms with Gasteiger partial charge in [-0.1, -0.05) is 0 Å². The van der Waals surface area contributed by atoms with Gasteiger partial charge >= 0.3 is 5.97 Å². The van der Waals surface area contributed by atoms with Crippen LogP contribution in [0.3, 0.4) is 0 Å². The molecule has 1 unspecified atom stereocenters. The second-order valence-electron chi connectivity index (χ2n) is 4.05. The van der Waals surface area contributed by atoms with Crippen LogP contribution in [0.4, 0.5) is 0 Å². The van der Waals surface area contributed by atoms with Crippen LogP contribution in [0.2, 0.25) is 0 Å². The predicted molar refractivity (Wildman–Crippen MR) is 67.2 cm³/mol. The summed E-state index contributed by atoms with van der Waals surface area (Å²) in [5, 5.41) is 9.77. The molecule has 1 atom stereocenters. The molecule has 5 heteroatoms. The van der Waals surface area contributed by atoms with Crippen molar-refractivity contribution in [1.82, 2.24) is 4.98 Å². The van der Waals surface area contributed by atoms with Gasteiger partial charge in [-0.2, -0.15) is 11.8 Å². The maximum atomic E-state index is 10.4. The highest BCUT2D eigenvalue weighted by Gasteiger charge is 2.17. The van der Waals surface area contributed by atoms with Crippen molar-refractivity contribution < 1.29 is 9.90 Å². The minimum atomic E-state index is -0.734. The summed E-state index contributed by atoms with van der Waals surface area (Å²) in [5.74, 6) is 2.58. The van der Waals surface area contributed by atoms with E-state index in [1.54, 1.807) is 11.3 Å². The Balaban J connectivity index is 1.84. The molecule has 0 amide bonds. The number of thioether (sulfide) groups is 1. The number of carboxylic acid groups (broad SMARTS) is 1. The Labute approximate surface area is 103 Å². The lowest BCUT2D eigenvalue weighted by atomic mass is 10.1. The van der Waals surface area contributed by atoms with Crippen LogP contribution in [0.5, 0.6) is 0 Å². The van der Waals surface area contributed by atoms with Crippen LogP contribution in [0.1, 0.15) is 22.7 Å². The number of nitrogens with zero attached hydrogens (tertiary/aromatic N) is 1. The Kier molecular flexibility index (Phi) is 4.23. The van der Waals surface area contributed by atoms with E-state index in [2.05, 4.69) is 4.98 Å². The van der Waals surface area contributed by atoms with E-state index in [0.717, 1.165) is 17.2 Å². The fraction of sp³-hybridized carbons (Fsp3) is 0.636. The van der Waals surface area contributed by atoms with Gasteiger partial charge in [0, 0.05) is 17.5 Å². The predicted octanol–water partition coefficient (Wildman–Crippen LogP) is 2.46. The summed E-state index contributed by atoms with van der Waals surface area (Å²) >= 11 is 3.70. The standard InChI is InChI=1S/C11H15NO2S2/c13-11(14)2-1-9-6-12-10(16-9)5-8-3-4-15-7-8/h6,8H,1-5,7H2,(H,13,14). The molecule has 1 saturated heterocycles. The van der Waals surface area contributed by atoms with Crippen molar-refractivity contribution in [2.45, 2.75) is 25.7 Å². The summed E-state index contributed by atoms with van der Waals surface area (Å²) in [6.45, 7) is 0. The highest BCUT2D eigenvalue weighted by atomic mass is 32.2. The molecule has 1 aromatic rings. The van der Waals surface area contributed by atoms with E-state index in [4.69, 9.17) is 5.11 Å². The van der Waals surface area contributed by atoms with E-state index < -0.39 is 5.97 Å². The summed E-state index contributed by atoms with van der Waals surface area (Å²) in [7, 11) is 0. The lowest BCUT2D eigenvalue weighted by Gasteiger charge is -2.03. The second-order valence-corrected chi connectivity index (χ2v) is 6.40. The number of hydrogen-bond acceptors (Lipinski definition) is 4. The zero-order valence-corrected chi connectivity index (χ0v) is 10.6. The van der Waals surface area contributed by atoms with Crippen LogP contribution in [0.25, 0.3) is 0 Å². The van der Waals surface area contributed by atoms with Crippen molar-refractivity contribution in [2.24, 2.45) is 5.92 Å². The molecule has 1 fully saturated rings. The van der Waals surface area contributed by atoms with E-state index in [-0.39, 0.29) is 6.42 Å². The smallest absolute Gasteiger partial charge is 0.303 e. The Morgan fingerprint density at radius 2 is 2.50 bits per heavy atom. The molecule has 16 heavy (non-hydrogen) atoms. The topological polar surface area (TPSA) is 50.2 Å². The van der Waals surface area contributed by atoms with E-state index in [1.165, 1.54) is 22.9 Å². The van der Waals surface area contributed by atoms with Gasteiger partial charge < -0.3 is 5.11 Å². The first kappa shape index (κ1) is 11.9. The Morgan fingerprint density at radius 3 is 3.19 bits per heavy atom. The molecule has 0 spiro atoms. The molecule has 1 aliphatic rings. The van der Waals surface area contributed by atoms with Gasteiger partial charge in [-0.15, -0.1) is 11.3 Å². The lowest BCUT2D eigenvalue weighted by Crippen LogP contribution is -2.01. The van der Waals surface area contributed by atoms with E-state index in [1.807, 2.05) is 18.0 Å². The SMILES string of the molecule is O=C(O)CCc1cnc(CC2CCSC2)s1. The molecular formula is C11H15NO2S2. The normalized spacial score (nSPS) is 20.1. The fourth-order valence-corrected chi connectivity index (χ4v) is 4.10. The summed E-state index contributed by atoms with van der Waals surface area (Å²) in [6.07, 6.45) is 5.04. The number of aliphatic carboxylic acids is 1. The molecule has 1 aliphatic heterocycles. The first-order valence-corrected chi connectivity index (χ1v) is 7.44. The molecule has 88 valence electrons. The third-order valence-corrected chi connectivity index (χ3v) is 4.98. The van der Waals surface area contributed by atoms with Gasteiger partial charge in [0.2, 0.25) is 0 Å². The molecule has 1 aromatic heterocycles. The summed E-state index contributed by atoms with van der Waals surface area (Å²) in [4.78, 5) is 15.9. The summed E-state index contributed by atoms with van der Waals surface area (Å²) in [6, 6.07) is 0. The first-order chi connectivity index (χ1) is 7.74. The van der Waals surface area contributed by atoms with Crippen molar-refractivity contribution in [2.75, 3.05) is 11.5 Å². The Morgan fingerprint density at radius 1 is 1.62 bits per heavy atom. The number of hydrogen-bond donors (Lipinski definition) is 1. The van der Waals surface area contributed by atoms with Crippen LogP contribution in [0, 0.1) is 5.92 Å². The van der Waals surface area contributed by atoms with Crippen molar-refractivity contribution in [3.63, 3.8) is 0 Å². The molecule has 2 heterocycles. The van der Waals surface area contributed by atoms with Gasteiger partial charge in [-0.3, -0.25) is 4.79 Å². The number of carbonyl (C=O) groups is 1. The van der Waals surface area contributed by atoms with Gasteiger partial charge in [-0.25, -0.2) is 4.98 Å². The van der Waals surface area contributed by atoms with Gasteiger partial charge in [-0.05, 0) is 30.3 Å². The third kappa shape index (κ3) is 3.49. The van der Waals surface area contributed by atoms with Gasteiger partial charge in [0.25, 0.3) is 0 Å². The van der Waals surface area contributed by atoms with Crippen LogP contribution in [-0.2, 0) is 17.6 Å². The average molecular weight is 257 g/mol. The Hall–Kier alpha value is -0.550.